The molecule has 3 rings (SSSR count). The number of nitro benzene ring substituents is 1. The van der Waals surface area contributed by atoms with E-state index in [1.807, 2.05) is 0 Å². The minimum absolute atomic E-state index is 0.0432. The maximum absolute atomic E-state index is 12.1. The Morgan fingerprint density at radius 2 is 2.05 bits per heavy atom. The van der Waals surface area contributed by atoms with E-state index in [4.69, 9.17) is 4.74 Å². The smallest absolute Gasteiger partial charge is 0.335 e. The maximum Gasteiger partial charge on any atom is 0.335 e. The second kappa shape index (κ2) is 6.27. The number of esters is 1. The lowest BCUT2D eigenvalue weighted by Gasteiger charge is -2.32. The number of hydrogen-bond donors (Lipinski definition) is 0. The molecule has 0 aliphatic carbocycles. The number of benzene rings is 1. The molecule has 1 aromatic rings. The van der Waals surface area contributed by atoms with Gasteiger partial charge >= 0.3 is 5.97 Å². The summed E-state index contributed by atoms with van der Waals surface area (Å²) in [5.74, 6) is -0.284. The fourth-order valence-corrected chi connectivity index (χ4v) is 3.00. The zero-order valence-electron chi connectivity index (χ0n) is 12.2. The van der Waals surface area contributed by atoms with Gasteiger partial charge in [0.1, 0.15) is 6.61 Å². The maximum atomic E-state index is 12.1. The second-order valence-corrected chi connectivity index (χ2v) is 5.74. The molecule has 0 spiro atoms. The number of cyclic esters (lactones) is 1. The molecule has 6 heteroatoms. The first kappa shape index (κ1) is 14.7. The molecule has 1 unspecified atom stereocenters. The van der Waals surface area contributed by atoms with Crippen molar-refractivity contribution >= 4 is 17.7 Å². The Hall–Kier alpha value is -2.21. The van der Waals surface area contributed by atoms with Gasteiger partial charge in [-0.15, -0.1) is 0 Å². The summed E-state index contributed by atoms with van der Waals surface area (Å²) in [7, 11) is 0. The van der Waals surface area contributed by atoms with E-state index < -0.39 is 4.92 Å². The van der Waals surface area contributed by atoms with Gasteiger partial charge in [0.2, 0.25) is 0 Å². The molecule has 0 radical (unpaired) electrons. The molecule has 0 bridgehead atoms. The number of carbonyl (C=O) groups is 1. The Bertz CT molecular complexity index is 609. The number of ether oxygens (including phenoxy) is 1. The molecule has 1 aromatic carbocycles. The Kier molecular flexibility index (Phi) is 4.20. The molecule has 0 amide bonds. The highest BCUT2D eigenvalue weighted by molar-refractivity contribution is 5.94. The molecular weight excluding hydrogens is 284 g/mol. The van der Waals surface area contributed by atoms with Gasteiger partial charge in [0.25, 0.3) is 5.69 Å². The van der Waals surface area contributed by atoms with Gasteiger partial charge in [-0.25, -0.2) is 4.79 Å². The lowest BCUT2D eigenvalue weighted by atomic mass is 10.0. The predicted octanol–water partition coefficient (Wildman–Crippen LogP) is 2.39. The van der Waals surface area contributed by atoms with Crippen LogP contribution in [0, 0.1) is 10.1 Å². The third-order valence-corrected chi connectivity index (χ3v) is 4.24. The highest BCUT2D eigenvalue weighted by Crippen LogP contribution is 2.23. The van der Waals surface area contributed by atoms with Crippen LogP contribution in [-0.2, 0) is 9.53 Å². The van der Waals surface area contributed by atoms with Crippen LogP contribution in [0.1, 0.15) is 24.8 Å². The number of nitro groups is 1. The average Bonchev–Trinajstić information content (AvgIpc) is 2.68. The normalized spacial score (nSPS) is 24.5. The summed E-state index contributed by atoms with van der Waals surface area (Å²) in [6.07, 6.45) is 5.16. The van der Waals surface area contributed by atoms with Gasteiger partial charge in [-0.1, -0.05) is 6.42 Å². The molecule has 116 valence electrons. The summed E-state index contributed by atoms with van der Waals surface area (Å²) in [4.78, 5) is 24.6. The van der Waals surface area contributed by atoms with Crippen molar-refractivity contribution in [3.8, 4) is 0 Å². The third kappa shape index (κ3) is 3.17. The van der Waals surface area contributed by atoms with Crippen LogP contribution in [0.5, 0.6) is 0 Å². The molecule has 2 saturated heterocycles. The minimum Gasteiger partial charge on any atom is -0.461 e. The molecule has 2 aliphatic heterocycles. The van der Waals surface area contributed by atoms with E-state index in [0.717, 1.165) is 24.9 Å². The number of carbonyl (C=O) groups excluding carboxylic acids is 1. The second-order valence-electron chi connectivity index (χ2n) is 5.74. The fraction of sp³-hybridized carbons (Fsp3) is 0.438. The van der Waals surface area contributed by atoms with Gasteiger partial charge in [-0.2, -0.15) is 0 Å². The number of nitrogens with zero attached hydrogens (tertiary/aromatic N) is 2. The lowest BCUT2D eigenvalue weighted by molar-refractivity contribution is -0.384. The Labute approximate surface area is 128 Å². The zero-order valence-corrected chi connectivity index (χ0v) is 12.2. The van der Waals surface area contributed by atoms with E-state index in [9.17, 15) is 14.9 Å². The van der Waals surface area contributed by atoms with Crippen molar-refractivity contribution < 1.29 is 14.5 Å². The van der Waals surface area contributed by atoms with Crippen LogP contribution in [0.4, 0.5) is 5.69 Å². The van der Waals surface area contributed by atoms with Gasteiger partial charge in [0.15, 0.2) is 0 Å². The molecule has 1 atom stereocenters. The standard InChI is InChI=1S/C16H18N2O4/c19-16-13(9-12-4-6-14(7-5-12)18(20)21)10-17-8-2-1-3-15(17)11-22-16/h4-7,9,15H,1-3,8,10-11H2/b13-9-. The largest absolute Gasteiger partial charge is 0.461 e. The molecule has 2 heterocycles. The van der Waals surface area contributed by atoms with Crippen molar-refractivity contribution in [3.63, 3.8) is 0 Å². The van der Waals surface area contributed by atoms with Crippen LogP contribution >= 0.6 is 0 Å². The van der Waals surface area contributed by atoms with E-state index >= 15 is 0 Å². The van der Waals surface area contributed by atoms with E-state index in [2.05, 4.69) is 4.90 Å². The number of hydrogen-bond acceptors (Lipinski definition) is 5. The topological polar surface area (TPSA) is 72.7 Å². The number of fused-ring (bicyclic) bond motifs is 1. The highest BCUT2D eigenvalue weighted by Gasteiger charge is 2.29. The van der Waals surface area contributed by atoms with Crippen molar-refractivity contribution in [2.75, 3.05) is 19.7 Å². The molecule has 0 saturated carbocycles. The summed E-state index contributed by atoms with van der Waals surface area (Å²) in [5.41, 5.74) is 1.42. The van der Waals surface area contributed by atoms with Crippen LogP contribution < -0.4 is 0 Å². The first-order valence-electron chi connectivity index (χ1n) is 7.50. The summed E-state index contributed by atoms with van der Waals surface area (Å²) >= 11 is 0. The quantitative estimate of drug-likeness (QED) is 0.363. The van der Waals surface area contributed by atoms with Crippen LogP contribution in [0.3, 0.4) is 0 Å². The van der Waals surface area contributed by atoms with Gasteiger partial charge in [-0.05, 0) is 43.2 Å². The predicted molar refractivity (Wildman–Crippen MR) is 81.2 cm³/mol. The zero-order chi connectivity index (χ0) is 15.5. The molecule has 2 fully saturated rings. The van der Waals surface area contributed by atoms with Gasteiger partial charge < -0.3 is 4.74 Å². The van der Waals surface area contributed by atoms with Crippen molar-refractivity contribution in [3.05, 3.63) is 45.5 Å². The van der Waals surface area contributed by atoms with Crippen LogP contribution in [-0.4, -0.2) is 41.5 Å². The summed E-state index contributed by atoms with van der Waals surface area (Å²) < 4.78 is 5.36. The number of rotatable bonds is 2. The molecule has 6 nitrogen and oxygen atoms in total. The number of piperidine rings is 1. The molecule has 0 N–H and O–H groups in total. The molecule has 22 heavy (non-hydrogen) atoms. The highest BCUT2D eigenvalue weighted by atomic mass is 16.6. The van der Waals surface area contributed by atoms with Gasteiger partial charge in [0.05, 0.1) is 10.5 Å². The third-order valence-electron chi connectivity index (χ3n) is 4.24. The van der Waals surface area contributed by atoms with Crippen molar-refractivity contribution in [2.45, 2.75) is 25.3 Å². The van der Waals surface area contributed by atoms with Crippen molar-refractivity contribution in [2.24, 2.45) is 0 Å². The Morgan fingerprint density at radius 3 is 2.77 bits per heavy atom. The van der Waals surface area contributed by atoms with Gasteiger partial charge in [0, 0.05) is 24.7 Å². The van der Waals surface area contributed by atoms with Crippen molar-refractivity contribution in [1.82, 2.24) is 4.90 Å². The summed E-state index contributed by atoms with van der Waals surface area (Å²) in [6.45, 7) is 2.02. The summed E-state index contributed by atoms with van der Waals surface area (Å²) in [5, 5.41) is 10.7. The van der Waals surface area contributed by atoms with E-state index in [1.54, 1.807) is 18.2 Å². The monoisotopic (exact) mass is 302 g/mol. The van der Waals surface area contributed by atoms with E-state index in [0.29, 0.717) is 24.8 Å². The first-order valence-corrected chi connectivity index (χ1v) is 7.50. The fourth-order valence-electron chi connectivity index (χ4n) is 3.00. The van der Waals surface area contributed by atoms with Gasteiger partial charge in [-0.3, -0.25) is 15.0 Å². The van der Waals surface area contributed by atoms with Crippen molar-refractivity contribution in [1.29, 1.82) is 0 Å². The molecule has 2 aliphatic rings. The SMILES string of the molecule is O=C1OCC2CCCCN2C/C1=C/c1ccc([N+](=O)[O-])cc1. The summed E-state index contributed by atoms with van der Waals surface area (Å²) in [6, 6.07) is 6.50. The molecular formula is C16H18N2O4. The average molecular weight is 302 g/mol. The Balaban J connectivity index is 1.81. The molecule has 0 aromatic heterocycles. The lowest BCUT2D eigenvalue weighted by Crippen LogP contribution is -2.41. The van der Waals surface area contributed by atoms with E-state index in [1.165, 1.54) is 18.6 Å². The minimum atomic E-state index is -0.435. The van der Waals surface area contributed by atoms with E-state index in [-0.39, 0.29) is 11.7 Å². The Morgan fingerprint density at radius 1 is 1.27 bits per heavy atom. The van der Waals surface area contributed by atoms with Crippen LogP contribution in [0.25, 0.3) is 6.08 Å². The van der Waals surface area contributed by atoms with Crippen LogP contribution in [0.2, 0.25) is 0 Å². The first-order chi connectivity index (χ1) is 10.6. The number of non-ortho nitro benzene ring substituents is 1. The van der Waals surface area contributed by atoms with Crippen LogP contribution in [0.15, 0.2) is 29.8 Å².